The smallest absolute Gasteiger partial charge is 0.338 e. The van der Waals surface area contributed by atoms with Crippen molar-refractivity contribution in [2.45, 2.75) is 24.5 Å². The molecule has 4 rings (SSSR count). The Bertz CT molecular complexity index is 1410. The third kappa shape index (κ3) is 5.26. The summed E-state index contributed by atoms with van der Waals surface area (Å²) in [6.07, 6.45) is -0.0822. The van der Waals surface area contributed by atoms with Gasteiger partial charge >= 0.3 is 6.18 Å². The van der Waals surface area contributed by atoms with Crippen molar-refractivity contribution < 1.29 is 21.6 Å². The molecule has 12 heteroatoms. The zero-order valence-electron chi connectivity index (χ0n) is 17.7. The molecule has 0 amide bonds. The second-order valence-corrected chi connectivity index (χ2v) is 9.24. The average Bonchev–Trinajstić information content (AvgIpc) is 2.79. The fourth-order valence-corrected chi connectivity index (χ4v) is 4.55. The summed E-state index contributed by atoms with van der Waals surface area (Å²) in [7, 11) is -3.43. The van der Waals surface area contributed by atoms with Crippen LogP contribution >= 0.6 is 12.4 Å². The second kappa shape index (κ2) is 9.90. The predicted octanol–water partition coefficient (Wildman–Crippen LogP) is 5.45. The van der Waals surface area contributed by atoms with E-state index < -0.39 is 21.6 Å². The zero-order chi connectivity index (χ0) is 23.6. The molecule has 1 aromatic carbocycles. The highest BCUT2D eigenvalue weighted by atomic mass is 35.5. The first-order chi connectivity index (χ1) is 15.7. The van der Waals surface area contributed by atoms with Gasteiger partial charge in [-0.2, -0.15) is 13.2 Å². The van der Waals surface area contributed by atoms with E-state index >= 15 is 0 Å². The second-order valence-electron chi connectivity index (χ2n) is 7.18. The van der Waals surface area contributed by atoms with Gasteiger partial charge in [-0.1, -0.05) is 13.0 Å². The summed E-state index contributed by atoms with van der Waals surface area (Å²) in [5.74, 6) is 0.410. The molecule has 4 aromatic rings. The van der Waals surface area contributed by atoms with Crippen molar-refractivity contribution in [3.8, 4) is 11.3 Å². The van der Waals surface area contributed by atoms with Crippen LogP contribution in [0.2, 0.25) is 0 Å². The molecule has 0 atom stereocenters. The molecule has 0 radical (unpaired) electrons. The van der Waals surface area contributed by atoms with Gasteiger partial charge in [0.2, 0.25) is 0 Å². The predicted molar refractivity (Wildman–Crippen MR) is 125 cm³/mol. The number of fused-ring (bicyclic) bond motifs is 1. The standard InChI is InChI=1S/C22H18F3N5O2S.ClH/c1-2-10-33(31,32)19-8-6-15(12-27-19)30-21-16-7-5-14(11-18(16)28-13-29-21)20-17(22(23,24)25)4-3-9-26-20;/h3-9,11-13H,2,10H2,1H3,(H,28,29,30);1H. The molecule has 0 spiro atoms. The SMILES string of the molecule is CCCS(=O)(=O)c1ccc(Nc2ncnc3cc(-c4ncccc4C(F)(F)F)ccc23)cn1.Cl. The third-order valence-electron chi connectivity index (χ3n) is 4.81. The van der Waals surface area contributed by atoms with Crippen LogP contribution in [0.5, 0.6) is 0 Å². The number of rotatable bonds is 6. The largest absolute Gasteiger partial charge is 0.418 e. The van der Waals surface area contributed by atoms with Crippen LogP contribution in [-0.4, -0.2) is 34.1 Å². The van der Waals surface area contributed by atoms with Gasteiger partial charge in [-0.3, -0.25) is 4.98 Å². The molecule has 3 aromatic heterocycles. The quantitative estimate of drug-likeness (QED) is 0.369. The van der Waals surface area contributed by atoms with Crippen molar-refractivity contribution in [3.05, 3.63) is 66.7 Å². The Kier molecular flexibility index (Phi) is 7.37. The molecule has 0 aliphatic carbocycles. The molecule has 0 bridgehead atoms. The monoisotopic (exact) mass is 509 g/mol. The normalized spacial score (nSPS) is 11.8. The van der Waals surface area contributed by atoms with Crippen LogP contribution in [0, 0.1) is 0 Å². The van der Waals surface area contributed by atoms with Crippen LogP contribution in [0.15, 0.2) is 66.2 Å². The summed E-state index contributed by atoms with van der Waals surface area (Å²) in [6, 6.07) is 9.85. The maximum Gasteiger partial charge on any atom is 0.418 e. The molecule has 34 heavy (non-hydrogen) atoms. The molecule has 0 aliphatic heterocycles. The number of nitrogens with zero attached hydrogens (tertiary/aromatic N) is 4. The van der Waals surface area contributed by atoms with Crippen LogP contribution in [0.4, 0.5) is 24.7 Å². The maximum atomic E-state index is 13.4. The number of alkyl halides is 3. The van der Waals surface area contributed by atoms with Gasteiger partial charge < -0.3 is 5.32 Å². The number of aromatic nitrogens is 4. The minimum Gasteiger partial charge on any atom is -0.338 e. The lowest BCUT2D eigenvalue weighted by Gasteiger charge is -2.13. The van der Waals surface area contributed by atoms with Gasteiger partial charge in [-0.25, -0.2) is 23.4 Å². The molecule has 0 saturated carbocycles. The van der Waals surface area contributed by atoms with Crippen LogP contribution < -0.4 is 5.32 Å². The van der Waals surface area contributed by atoms with E-state index in [1.54, 1.807) is 19.1 Å². The Labute approximate surface area is 199 Å². The Hall–Kier alpha value is -3.31. The van der Waals surface area contributed by atoms with Gasteiger partial charge in [0.1, 0.15) is 12.1 Å². The first kappa shape index (κ1) is 25.3. The number of hydrogen-bond acceptors (Lipinski definition) is 7. The maximum absolute atomic E-state index is 13.4. The Balaban J connectivity index is 0.00000324. The molecular formula is C22H19ClF3N5O2S. The zero-order valence-corrected chi connectivity index (χ0v) is 19.4. The van der Waals surface area contributed by atoms with Crippen LogP contribution in [0.1, 0.15) is 18.9 Å². The van der Waals surface area contributed by atoms with Gasteiger partial charge in [0.15, 0.2) is 14.9 Å². The first-order valence-electron chi connectivity index (χ1n) is 9.92. The lowest BCUT2D eigenvalue weighted by atomic mass is 10.0. The summed E-state index contributed by atoms with van der Waals surface area (Å²) in [4.78, 5) is 16.3. The molecule has 0 aliphatic rings. The van der Waals surface area contributed by atoms with Gasteiger partial charge in [-0.05, 0) is 42.8 Å². The van der Waals surface area contributed by atoms with Crippen LogP contribution in [-0.2, 0) is 16.0 Å². The van der Waals surface area contributed by atoms with Crippen molar-refractivity contribution in [3.63, 3.8) is 0 Å². The highest BCUT2D eigenvalue weighted by Gasteiger charge is 2.34. The number of hydrogen-bond donors (Lipinski definition) is 1. The molecular weight excluding hydrogens is 491 g/mol. The highest BCUT2D eigenvalue weighted by molar-refractivity contribution is 7.91. The lowest BCUT2D eigenvalue weighted by Crippen LogP contribution is -2.08. The number of sulfone groups is 1. The van der Waals surface area contributed by atoms with Gasteiger partial charge in [-0.15, -0.1) is 12.4 Å². The van der Waals surface area contributed by atoms with E-state index in [-0.39, 0.29) is 34.4 Å². The Morgan fingerprint density at radius 2 is 1.79 bits per heavy atom. The molecule has 7 nitrogen and oxygen atoms in total. The summed E-state index contributed by atoms with van der Waals surface area (Å²) >= 11 is 0. The topological polar surface area (TPSA) is 97.7 Å². The Morgan fingerprint density at radius 1 is 1.00 bits per heavy atom. The van der Waals surface area contributed by atoms with Crippen molar-refractivity contribution in [2.75, 3.05) is 11.1 Å². The number of nitrogens with one attached hydrogen (secondary N) is 1. The molecule has 3 heterocycles. The number of pyridine rings is 2. The van der Waals surface area contributed by atoms with E-state index in [2.05, 4.69) is 25.3 Å². The van der Waals surface area contributed by atoms with Crippen molar-refractivity contribution in [2.24, 2.45) is 0 Å². The third-order valence-corrected chi connectivity index (χ3v) is 6.64. The molecule has 0 unspecified atom stereocenters. The lowest BCUT2D eigenvalue weighted by molar-refractivity contribution is -0.137. The molecule has 1 N–H and O–H groups in total. The van der Waals surface area contributed by atoms with E-state index in [1.807, 2.05) is 0 Å². The minimum absolute atomic E-state index is 0. The van der Waals surface area contributed by atoms with Crippen LogP contribution in [0.25, 0.3) is 22.2 Å². The molecule has 0 saturated heterocycles. The number of halogens is 4. The minimum atomic E-state index is -4.54. The van der Waals surface area contributed by atoms with Gasteiger partial charge in [0, 0.05) is 17.1 Å². The average molecular weight is 510 g/mol. The summed E-state index contributed by atoms with van der Waals surface area (Å²) in [6.45, 7) is 1.77. The summed E-state index contributed by atoms with van der Waals surface area (Å²) in [5.41, 5.74) is 0.166. The molecule has 0 fully saturated rings. The van der Waals surface area contributed by atoms with Crippen molar-refractivity contribution >= 4 is 44.7 Å². The van der Waals surface area contributed by atoms with Gasteiger partial charge in [0.25, 0.3) is 0 Å². The fraction of sp³-hybridized carbons (Fsp3) is 0.182. The highest BCUT2D eigenvalue weighted by Crippen LogP contribution is 2.36. The number of benzene rings is 1. The van der Waals surface area contributed by atoms with E-state index in [4.69, 9.17) is 0 Å². The van der Waals surface area contributed by atoms with E-state index in [0.717, 1.165) is 6.07 Å². The summed E-state index contributed by atoms with van der Waals surface area (Å²) < 4.78 is 64.4. The number of anilines is 2. The van der Waals surface area contributed by atoms with E-state index in [9.17, 15) is 21.6 Å². The molecule has 178 valence electrons. The van der Waals surface area contributed by atoms with Crippen LogP contribution in [0.3, 0.4) is 0 Å². The summed E-state index contributed by atoms with van der Waals surface area (Å²) in [5, 5.41) is 3.60. The van der Waals surface area contributed by atoms with E-state index in [1.165, 1.54) is 43.0 Å². The fourth-order valence-electron chi connectivity index (χ4n) is 3.32. The van der Waals surface area contributed by atoms with Gasteiger partial charge in [0.05, 0.1) is 34.4 Å². The van der Waals surface area contributed by atoms with Crippen molar-refractivity contribution in [1.82, 2.24) is 19.9 Å². The Morgan fingerprint density at radius 3 is 2.47 bits per heavy atom. The van der Waals surface area contributed by atoms with E-state index in [0.29, 0.717) is 28.8 Å². The van der Waals surface area contributed by atoms with Crippen molar-refractivity contribution in [1.29, 1.82) is 0 Å². The first-order valence-corrected chi connectivity index (χ1v) is 11.6.